The van der Waals surface area contributed by atoms with Crippen molar-refractivity contribution >= 4 is 11.8 Å². The smallest absolute Gasteiger partial charge is 0.274 e. The van der Waals surface area contributed by atoms with Gasteiger partial charge in [0.15, 0.2) is 0 Å². The number of amides is 2. The van der Waals surface area contributed by atoms with Gasteiger partial charge in [-0.3, -0.25) is 19.4 Å². The second-order valence-corrected chi connectivity index (χ2v) is 7.63. The molecule has 0 radical (unpaired) electrons. The molecule has 0 spiro atoms. The van der Waals surface area contributed by atoms with Crippen LogP contribution in [0.1, 0.15) is 71.1 Å². The Morgan fingerprint density at radius 3 is 2.74 bits per heavy atom. The van der Waals surface area contributed by atoms with Crippen LogP contribution in [0.2, 0.25) is 0 Å². The molecule has 1 saturated carbocycles. The number of H-pyrrole nitrogens is 1. The van der Waals surface area contributed by atoms with Gasteiger partial charge >= 0.3 is 0 Å². The van der Waals surface area contributed by atoms with Crippen molar-refractivity contribution in [3.05, 3.63) is 35.4 Å². The molecule has 0 bridgehead atoms. The molecule has 2 aromatic heterocycles. The number of nitrogens with zero attached hydrogens (tertiary/aromatic N) is 4. The van der Waals surface area contributed by atoms with Gasteiger partial charge in [-0.05, 0) is 37.8 Å². The Kier molecular flexibility index (Phi) is 4.96. The quantitative estimate of drug-likeness (QED) is 0.858. The average Bonchev–Trinajstić information content (AvgIpc) is 3.43. The Morgan fingerprint density at radius 1 is 1.19 bits per heavy atom. The summed E-state index contributed by atoms with van der Waals surface area (Å²) in [6.45, 7) is 1.34. The highest BCUT2D eigenvalue weighted by atomic mass is 16.2. The van der Waals surface area contributed by atoms with Crippen molar-refractivity contribution in [3.8, 4) is 0 Å². The number of hydrogen-bond acceptors (Lipinski definition) is 4. The van der Waals surface area contributed by atoms with Crippen molar-refractivity contribution in [2.24, 2.45) is 7.05 Å². The zero-order chi connectivity index (χ0) is 18.8. The maximum absolute atomic E-state index is 12.7. The number of carbonyl (C=O) groups is 2. The standard InChI is InChI=1S/C19H26N6O2/c1-24-10-8-15(23-24)19(27)25-9-4-5-13(12-25)16-11-17(22-21-16)18(26)20-14-6-2-3-7-14/h8,10-11,13-14H,2-7,9,12H2,1H3,(H,20,26)(H,21,22)/t13-/m1/s1. The van der Waals surface area contributed by atoms with Crippen LogP contribution in [0.4, 0.5) is 0 Å². The maximum Gasteiger partial charge on any atom is 0.274 e. The lowest BCUT2D eigenvalue weighted by atomic mass is 9.94. The number of hydrogen-bond donors (Lipinski definition) is 2. The lowest BCUT2D eigenvalue weighted by Gasteiger charge is -2.31. The van der Waals surface area contributed by atoms with Crippen LogP contribution in [0.15, 0.2) is 18.3 Å². The highest BCUT2D eigenvalue weighted by Gasteiger charge is 2.28. The van der Waals surface area contributed by atoms with Crippen LogP contribution in [-0.2, 0) is 7.05 Å². The second-order valence-electron chi connectivity index (χ2n) is 7.63. The summed E-state index contributed by atoms with van der Waals surface area (Å²) >= 11 is 0. The minimum atomic E-state index is -0.110. The molecular weight excluding hydrogens is 344 g/mol. The lowest BCUT2D eigenvalue weighted by Crippen LogP contribution is -2.39. The van der Waals surface area contributed by atoms with Crippen molar-refractivity contribution in [1.82, 2.24) is 30.2 Å². The first-order valence-corrected chi connectivity index (χ1v) is 9.75. The number of nitrogens with one attached hydrogen (secondary N) is 2. The number of carbonyl (C=O) groups excluding carboxylic acids is 2. The first-order valence-electron chi connectivity index (χ1n) is 9.75. The zero-order valence-electron chi connectivity index (χ0n) is 15.6. The summed E-state index contributed by atoms with van der Waals surface area (Å²) in [6.07, 6.45) is 8.13. The normalized spacial score (nSPS) is 20.8. The minimum absolute atomic E-state index is 0.0426. The summed E-state index contributed by atoms with van der Waals surface area (Å²) in [7, 11) is 1.80. The molecule has 1 aliphatic heterocycles. The highest BCUT2D eigenvalue weighted by molar-refractivity contribution is 5.93. The van der Waals surface area contributed by atoms with Gasteiger partial charge in [-0.15, -0.1) is 0 Å². The molecule has 8 heteroatoms. The molecule has 0 aromatic carbocycles. The fourth-order valence-corrected chi connectivity index (χ4v) is 4.10. The zero-order valence-corrected chi connectivity index (χ0v) is 15.6. The third kappa shape index (κ3) is 3.89. The third-order valence-electron chi connectivity index (χ3n) is 5.60. The molecule has 1 saturated heterocycles. The molecular formula is C19H26N6O2. The molecule has 4 rings (SSSR count). The molecule has 2 N–H and O–H groups in total. The molecule has 8 nitrogen and oxygen atoms in total. The summed E-state index contributed by atoms with van der Waals surface area (Å²) in [5.74, 6) is 0.00702. The maximum atomic E-state index is 12.7. The van der Waals surface area contributed by atoms with Gasteiger partial charge in [-0.1, -0.05) is 12.8 Å². The molecule has 2 aliphatic rings. The van der Waals surface area contributed by atoms with Gasteiger partial charge in [0.05, 0.1) is 0 Å². The Balaban J connectivity index is 1.40. The van der Waals surface area contributed by atoms with E-state index in [2.05, 4.69) is 20.6 Å². The largest absolute Gasteiger partial charge is 0.348 e. The summed E-state index contributed by atoms with van der Waals surface area (Å²) < 4.78 is 1.64. The molecule has 27 heavy (non-hydrogen) atoms. The number of piperidine rings is 1. The van der Waals surface area contributed by atoms with E-state index < -0.39 is 0 Å². The van der Waals surface area contributed by atoms with Gasteiger partial charge < -0.3 is 10.2 Å². The van der Waals surface area contributed by atoms with Gasteiger partial charge in [-0.25, -0.2) is 0 Å². The minimum Gasteiger partial charge on any atom is -0.348 e. The molecule has 2 amide bonds. The van der Waals surface area contributed by atoms with Gasteiger partial charge in [0.25, 0.3) is 11.8 Å². The molecule has 1 aliphatic carbocycles. The SMILES string of the molecule is Cn1ccc(C(=O)N2CCC[C@@H](c3cc(C(=O)NC4CCCC4)n[nH]3)C2)n1. The van der Waals surface area contributed by atoms with E-state index in [1.807, 2.05) is 11.0 Å². The van der Waals surface area contributed by atoms with Crippen molar-refractivity contribution in [2.45, 2.75) is 50.5 Å². The summed E-state index contributed by atoms with van der Waals surface area (Å²) in [6, 6.07) is 3.86. The van der Waals surface area contributed by atoms with E-state index in [4.69, 9.17) is 0 Å². The topological polar surface area (TPSA) is 95.9 Å². The number of aromatic nitrogens is 4. The number of aromatic amines is 1. The Labute approximate surface area is 158 Å². The highest BCUT2D eigenvalue weighted by Crippen LogP contribution is 2.27. The van der Waals surface area contributed by atoms with Gasteiger partial charge in [-0.2, -0.15) is 10.2 Å². The van der Waals surface area contributed by atoms with E-state index in [9.17, 15) is 9.59 Å². The Hall–Kier alpha value is -2.64. The summed E-state index contributed by atoms with van der Waals surface area (Å²) in [4.78, 5) is 26.9. The van der Waals surface area contributed by atoms with E-state index in [1.54, 1.807) is 24.0 Å². The van der Waals surface area contributed by atoms with Gasteiger partial charge in [0, 0.05) is 44.0 Å². The van der Waals surface area contributed by atoms with Crippen LogP contribution in [0.3, 0.4) is 0 Å². The van der Waals surface area contributed by atoms with E-state index in [0.717, 1.165) is 37.9 Å². The molecule has 144 valence electrons. The summed E-state index contributed by atoms with van der Waals surface area (Å²) in [5, 5.41) is 14.5. The van der Waals surface area contributed by atoms with Crippen molar-refractivity contribution in [3.63, 3.8) is 0 Å². The van der Waals surface area contributed by atoms with Crippen LogP contribution >= 0.6 is 0 Å². The van der Waals surface area contributed by atoms with Crippen molar-refractivity contribution in [1.29, 1.82) is 0 Å². The first kappa shape index (κ1) is 17.8. The predicted octanol–water partition coefficient (Wildman–Crippen LogP) is 1.84. The fraction of sp³-hybridized carbons (Fsp3) is 0.579. The van der Waals surface area contributed by atoms with Crippen LogP contribution in [0.5, 0.6) is 0 Å². The monoisotopic (exact) mass is 370 g/mol. The van der Waals surface area contributed by atoms with Crippen LogP contribution in [0.25, 0.3) is 0 Å². The van der Waals surface area contributed by atoms with E-state index in [1.165, 1.54) is 12.8 Å². The summed E-state index contributed by atoms with van der Waals surface area (Å²) in [5.41, 5.74) is 1.83. The molecule has 2 fully saturated rings. The van der Waals surface area contributed by atoms with E-state index in [0.29, 0.717) is 17.9 Å². The van der Waals surface area contributed by atoms with Gasteiger partial charge in [0.1, 0.15) is 11.4 Å². The number of likely N-dealkylation sites (tertiary alicyclic amines) is 1. The molecule has 3 heterocycles. The fourth-order valence-electron chi connectivity index (χ4n) is 4.10. The lowest BCUT2D eigenvalue weighted by molar-refractivity contribution is 0.0698. The Bertz CT molecular complexity index is 820. The van der Waals surface area contributed by atoms with Crippen LogP contribution in [-0.4, -0.2) is 55.8 Å². The van der Waals surface area contributed by atoms with E-state index in [-0.39, 0.29) is 23.8 Å². The van der Waals surface area contributed by atoms with Crippen molar-refractivity contribution in [2.75, 3.05) is 13.1 Å². The first-order chi connectivity index (χ1) is 13.1. The molecule has 1 atom stereocenters. The van der Waals surface area contributed by atoms with Crippen LogP contribution in [0, 0.1) is 0 Å². The number of aryl methyl sites for hydroxylation is 1. The van der Waals surface area contributed by atoms with Crippen LogP contribution < -0.4 is 5.32 Å². The third-order valence-corrected chi connectivity index (χ3v) is 5.60. The average molecular weight is 370 g/mol. The van der Waals surface area contributed by atoms with Crippen molar-refractivity contribution < 1.29 is 9.59 Å². The predicted molar refractivity (Wildman–Crippen MR) is 99.4 cm³/mol. The van der Waals surface area contributed by atoms with Gasteiger partial charge in [0.2, 0.25) is 0 Å². The second kappa shape index (κ2) is 7.54. The molecule has 0 unspecified atom stereocenters. The molecule has 2 aromatic rings. The number of rotatable bonds is 4. The Morgan fingerprint density at radius 2 is 2.00 bits per heavy atom. The van der Waals surface area contributed by atoms with E-state index >= 15 is 0 Å².